The first-order valence-corrected chi connectivity index (χ1v) is 13.3. The van der Waals surface area contributed by atoms with Crippen LogP contribution in [0.25, 0.3) is 27.9 Å². The SMILES string of the molecule is CC[C@@H](CN(CC)C1CCOC1)Nc1ccc2[nH]c(-c3cn4ncnc4c(C)c3C)c(C(C)C)c2n1. The summed E-state index contributed by atoms with van der Waals surface area (Å²) in [6.07, 6.45) is 5.86. The van der Waals surface area contributed by atoms with Crippen molar-refractivity contribution in [3.05, 3.63) is 41.3 Å². The Labute approximate surface area is 213 Å². The van der Waals surface area contributed by atoms with Gasteiger partial charge in [-0.05, 0) is 62.4 Å². The van der Waals surface area contributed by atoms with E-state index in [1.165, 1.54) is 11.1 Å². The molecule has 0 bridgehead atoms. The molecule has 5 rings (SSSR count). The van der Waals surface area contributed by atoms with Crippen LogP contribution in [0.4, 0.5) is 5.82 Å². The van der Waals surface area contributed by atoms with E-state index in [1.807, 2.05) is 4.52 Å². The molecule has 192 valence electrons. The van der Waals surface area contributed by atoms with Crippen LogP contribution >= 0.6 is 0 Å². The van der Waals surface area contributed by atoms with E-state index in [2.05, 4.69) is 85.2 Å². The van der Waals surface area contributed by atoms with E-state index in [9.17, 15) is 0 Å². The first-order valence-electron chi connectivity index (χ1n) is 13.3. The summed E-state index contributed by atoms with van der Waals surface area (Å²) < 4.78 is 7.51. The molecule has 0 spiro atoms. The van der Waals surface area contributed by atoms with E-state index in [4.69, 9.17) is 9.72 Å². The van der Waals surface area contributed by atoms with Crippen molar-refractivity contribution in [2.24, 2.45) is 0 Å². The summed E-state index contributed by atoms with van der Waals surface area (Å²) in [6, 6.07) is 5.11. The topological polar surface area (TPSA) is 83.4 Å². The number of pyridine rings is 2. The standard InChI is InChI=1S/C28H39N7O/c1-7-20(13-34(8-2)21-11-12-36-15-21)31-24-10-9-23-27(33-24)25(17(3)4)26(32-23)22-14-35-28(29-16-30-35)19(6)18(22)5/h9-10,14,16-17,20-21,32H,7-8,11-13,15H2,1-6H3,(H,31,33)/t20-,21?/m0/s1. The average Bonchev–Trinajstić information content (AvgIpc) is 3.63. The van der Waals surface area contributed by atoms with Crippen molar-refractivity contribution in [3.63, 3.8) is 0 Å². The number of ether oxygens (including phenoxy) is 1. The van der Waals surface area contributed by atoms with E-state index < -0.39 is 0 Å². The number of fused-ring (bicyclic) bond motifs is 2. The van der Waals surface area contributed by atoms with Gasteiger partial charge in [-0.15, -0.1) is 0 Å². The zero-order chi connectivity index (χ0) is 25.4. The number of hydrogen-bond donors (Lipinski definition) is 2. The molecule has 4 aromatic heterocycles. The summed E-state index contributed by atoms with van der Waals surface area (Å²) in [4.78, 5) is 15.8. The highest BCUT2D eigenvalue weighted by Crippen LogP contribution is 2.37. The van der Waals surface area contributed by atoms with Gasteiger partial charge in [-0.3, -0.25) is 4.90 Å². The first-order chi connectivity index (χ1) is 17.4. The summed E-state index contributed by atoms with van der Waals surface area (Å²) >= 11 is 0. The lowest BCUT2D eigenvalue weighted by Crippen LogP contribution is -2.43. The summed E-state index contributed by atoms with van der Waals surface area (Å²) in [6.45, 7) is 17.0. The number of hydrogen-bond acceptors (Lipinski definition) is 6. The van der Waals surface area contributed by atoms with Crippen LogP contribution in [0.1, 0.15) is 63.1 Å². The van der Waals surface area contributed by atoms with Crippen molar-refractivity contribution < 1.29 is 4.74 Å². The van der Waals surface area contributed by atoms with Gasteiger partial charge in [0.2, 0.25) is 0 Å². The van der Waals surface area contributed by atoms with E-state index in [1.54, 1.807) is 6.33 Å². The third-order valence-corrected chi connectivity index (χ3v) is 7.78. The molecule has 1 aliphatic heterocycles. The predicted molar refractivity (Wildman–Crippen MR) is 146 cm³/mol. The Morgan fingerprint density at radius 3 is 2.75 bits per heavy atom. The molecule has 8 nitrogen and oxygen atoms in total. The zero-order valence-electron chi connectivity index (χ0n) is 22.4. The number of H-pyrrole nitrogens is 1. The van der Waals surface area contributed by atoms with Crippen molar-refractivity contribution in [1.29, 1.82) is 0 Å². The van der Waals surface area contributed by atoms with Gasteiger partial charge >= 0.3 is 0 Å². The van der Waals surface area contributed by atoms with E-state index >= 15 is 0 Å². The first kappa shape index (κ1) is 24.7. The van der Waals surface area contributed by atoms with Gasteiger partial charge in [0.15, 0.2) is 5.65 Å². The molecule has 1 unspecified atom stereocenters. The normalized spacial score (nSPS) is 17.2. The molecule has 0 saturated carbocycles. The second-order valence-electron chi connectivity index (χ2n) is 10.3. The fourth-order valence-corrected chi connectivity index (χ4v) is 5.51. The third-order valence-electron chi connectivity index (χ3n) is 7.78. The van der Waals surface area contributed by atoms with Crippen LogP contribution in [0.3, 0.4) is 0 Å². The lowest BCUT2D eigenvalue weighted by molar-refractivity contribution is 0.144. The molecule has 1 fully saturated rings. The molecule has 0 aromatic carbocycles. The molecule has 0 amide bonds. The molecular formula is C28H39N7O. The number of aromatic amines is 1. The van der Waals surface area contributed by atoms with Gasteiger partial charge in [0.05, 0.1) is 23.3 Å². The summed E-state index contributed by atoms with van der Waals surface area (Å²) in [5, 5.41) is 8.14. The Bertz CT molecular complexity index is 1350. The third kappa shape index (κ3) is 4.48. The Morgan fingerprint density at radius 1 is 1.22 bits per heavy atom. The van der Waals surface area contributed by atoms with Gasteiger partial charge < -0.3 is 15.0 Å². The quantitative estimate of drug-likeness (QED) is 0.331. The van der Waals surface area contributed by atoms with Crippen LogP contribution in [0.15, 0.2) is 24.7 Å². The van der Waals surface area contributed by atoms with Crippen molar-refractivity contribution in [2.75, 3.05) is 31.6 Å². The van der Waals surface area contributed by atoms with Crippen molar-refractivity contribution in [1.82, 2.24) is 29.5 Å². The van der Waals surface area contributed by atoms with Crippen LogP contribution in [-0.2, 0) is 4.74 Å². The molecule has 5 heterocycles. The molecule has 36 heavy (non-hydrogen) atoms. The van der Waals surface area contributed by atoms with Crippen molar-refractivity contribution in [2.45, 2.75) is 72.4 Å². The number of aryl methyl sites for hydroxylation is 1. The number of nitrogens with zero attached hydrogens (tertiary/aromatic N) is 5. The Morgan fingerprint density at radius 2 is 2.06 bits per heavy atom. The summed E-state index contributed by atoms with van der Waals surface area (Å²) in [5.41, 5.74) is 8.85. The monoisotopic (exact) mass is 489 g/mol. The highest BCUT2D eigenvalue weighted by atomic mass is 16.5. The molecule has 1 aliphatic rings. The summed E-state index contributed by atoms with van der Waals surface area (Å²) in [5.74, 6) is 1.24. The van der Waals surface area contributed by atoms with Gasteiger partial charge in [-0.2, -0.15) is 5.10 Å². The maximum absolute atomic E-state index is 5.64. The predicted octanol–water partition coefficient (Wildman–Crippen LogP) is 5.31. The van der Waals surface area contributed by atoms with Crippen molar-refractivity contribution >= 4 is 22.5 Å². The number of nitrogens with one attached hydrogen (secondary N) is 2. The maximum Gasteiger partial charge on any atom is 0.158 e. The number of aromatic nitrogens is 5. The second kappa shape index (κ2) is 10.2. The number of anilines is 1. The van der Waals surface area contributed by atoms with Gasteiger partial charge in [0.25, 0.3) is 0 Å². The number of rotatable bonds is 9. The highest BCUT2D eigenvalue weighted by Gasteiger charge is 2.25. The van der Waals surface area contributed by atoms with Gasteiger partial charge in [-0.1, -0.05) is 27.7 Å². The minimum Gasteiger partial charge on any atom is -0.380 e. The molecule has 2 N–H and O–H groups in total. The van der Waals surface area contributed by atoms with Gasteiger partial charge in [-0.25, -0.2) is 14.5 Å². The lowest BCUT2D eigenvalue weighted by Gasteiger charge is -2.30. The lowest BCUT2D eigenvalue weighted by atomic mass is 9.95. The van der Waals surface area contributed by atoms with Crippen LogP contribution in [0.5, 0.6) is 0 Å². The summed E-state index contributed by atoms with van der Waals surface area (Å²) in [7, 11) is 0. The van der Waals surface area contributed by atoms with Crippen LogP contribution < -0.4 is 5.32 Å². The Hall–Kier alpha value is -2.97. The zero-order valence-corrected chi connectivity index (χ0v) is 22.4. The van der Waals surface area contributed by atoms with E-state index in [0.717, 1.165) is 78.5 Å². The van der Waals surface area contributed by atoms with Gasteiger partial charge in [0.1, 0.15) is 12.1 Å². The molecule has 0 radical (unpaired) electrons. The molecular weight excluding hydrogens is 450 g/mol. The minimum absolute atomic E-state index is 0.308. The molecule has 2 atom stereocenters. The van der Waals surface area contributed by atoms with E-state index in [-0.39, 0.29) is 0 Å². The molecule has 4 aromatic rings. The van der Waals surface area contributed by atoms with Crippen molar-refractivity contribution in [3.8, 4) is 11.3 Å². The van der Waals surface area contributed by atoms with Crippen LogP contribution in [-0.4, -0.2) is 67.9 Å². The number of likely N-dealkylation sites (N-methyl/N-ethyl adjacent to an activating group) is 1. The molecule has 0 aliphatic carbocycles. The highest BCUT2D eigenvalue weighted by molar-refractivity contribution is 5.90. The molecule has 1 saturated heterocycles. The fraction of sp³-hybridized carbons (Fsp3) is 0.536. The molecule has 8 heteroatoms. The minimum atomic E-state index is 0.308. The average molecular weight is 490 g/mol. The van der Waals surface area contributed by atoms with Gasteiger partial charge in [0, 0.05) is 42.6 Å². The van der Waals surface area contributed by atoms with Crippen LogP contribution in [0, 0.1) is 13.8 Å². The van der Waals surface area contributed by atoms with E-state index in [0.29, 0.717) is 18.0 Å². The maximum atomic E-state index is 5.64. The Kier molecular flexibility index (Phi) is 6.99. The largest absolute Gasteiger partial charge is 0.380 e. The van der Waals surface area contributed by atoms with Crippen LogP contribution in [0.2, 0.25) is 0 Å². The fourth-order valence-electron chi connectivity index (χ4n) is 5.51. The Balaban J connectivity index is 1.49. The smallest absolute Gasteiger partial charge is 0.158 e. The second-order valence-corrected chi connectivity index (χ2v) is 10.3.